The van der Waals surface area contributed by atoms with Crippen LogP contribution >= 0.6 is 0 Å². The molecule has 0 radical (unpaired) electrons. The fourth-order valence-electron chi connectivity index (χ4n) is 2.90. The van der Waals surface area contributed by atoms with Crippen molar-refractivity contribution in [1.29, 1.82) is 0 Å². The number of carbonyl (C=O) groups excluding carboxylic acids is 1. The predicted molar refractivity (Wildman–Crippen MR) is 104 cm³/mol. The summed E-state index contributed by atoms with van der Waals surface area (Å²) in [5.41, 5.74) is 2.45. The minimum Gasteiger partial charge on any atom is -0.352 e. The molecule has 1 heterocycles. The molecule has 2 aromatic carbocycles. The van der Waals surface area contributed by atoms with Gasteiger partial charge in [-0.25, -0.2) is 4.98 Å². The fraction of sp³-hybridized carbons (Fsp3) is 0.286. The molecule has 0 aliphatic carbocycles. The summed E-state index contributed by atoms with van der Waals surface area (Å²) in [7, 11) is 1.71. The molecule has 0 aliphatic rings. The van der Waals surface area contributed by atoms with Gasteiger partial charge in [0, 0.05) is 25.6 Å². The Labute approximate surface area is 152 Å². The standard InChI is InChI=1S/C21H23N3O2/c1-14(2)15-8-10-16(11-9-15)20(25)22-13-12-19-23-18-7-5-4-6-17(18)21(26)24(19)3/h4-11,14H,12-13H2,1-3H3,(H,22,25). The van der Waals surface area contributed by atoms with Gasteiger partial charge in [0.25, 0.3) is 11.5 Å². The maximum Gasteiger partial charge on any atom is 0.261 e. The van der Waals surface area contributed by atoms with Crippen LogP contribution in [0.1, 0.15) is 41.5 Å². The van der Waals surface area contributed by atoms with E-state index in [0.29, 0.717) is 41.2 Å². The van der Waals surface area contributed by atoms with E-state index in [1.54, 1.807) is 17.7 Å². The van der Waals surface area contributed by atoms with Crippen molar-refractivity contribution in [3.05, 3.63) is 75.8 Å². The van der Waals surface area contributed by atoms with Crippen molar-refractivity contribution in [2.24, 2.45) is 7.05 Å². The lowest BCUT2D eigenvalue weighted by Gasteiger charge is -2.10. The summed E-state index contributed by atoms with van der Waals surface area (Å²) < 4.78 is 1.55. The zero-order valence-electron chi connectivity index (χ0n) is 15.3. The number of para-hydroxylation sites is 1. The Morgan fingerprint density at radius 1 is 1.12 bits per heavy atom. The fourth-order valence-corrected chi connectivity index (χ4v) is 2.90. The van der Waals surface area contributed by atoms with Gasteiger partial charge in [-0.1, -0.05) is 38.1 Å². The highest BCUT2D eigenvalue weighted by molar-refractivity contribution is 5.94. The van der Waals surface area contributed by atoms with Crippen LogP contribution in [-0.4, -0.2) is 22.0 Å². The molecule has 1 N–H and O–H groups in total. The normalized spacial score (nSPS) is 11.1. The molecular formula is C21H23N3O2. The quantitative estimate of drug-likeness (QED) is 0.770. The van der Waals surface area contributed by atoms with Crippen molar-refractivity contribution >= 4 is 16.8 Å². The molecule has 1 amide bonds. The van der Waals surface area contributed by atoms with Crippen LogP contribution in [0.4, 0.5) is 0 Å². The van der Waals surface area contributed by atoms with Crippen molar-refractivity contribution in [2.45, 2.75) is 26.2 Å². The van der Waals surface area contributed by atoms with Gasteiger partial charge in [0.2, 0.25) is 0 Å². The van der Waals surface area contributed by atoms with Gasteiger partial charge in [-0.2, -0.15) is 0 Å². The van der Waals surface area contributed by atoms with Gasteiger partial charge < -0.3 is 5.32 Å². The molecule has 0 unspecified atom stereocenters. The second kappa shape index (κ2) is 7.52. The van der Waals surface area contributed by atoms with Crippen molar-refractivity contribution in [3.8, 4) is 0 Å². The third kappa shape index (κ3) is 3.67. The van der Waals surface area contributed by atoms with Crippen LogP contribution in [0, 0.1) is 0 Å². The van der Waals surface area contributed by atoms with E-state index in [1.807, 2.05) is 42.5 Å². The first-order valence-corrected chi connectivity index (χ1v) is 8.80. The first kappa shape index (κ1) is 17.9. The Kier molecular flexibility index (Phi) is 5.16. The summed E-state index contributed by atoms with van der Waals surface area (Å²) in [6, 6.07) is 14.9. The summed E-state index contributed by atoms with van der Waals surface area (Å²) in [5, 5.41) is 3.50. The van der Waals surface area contributed by atoms with E-state index in [-0.39, 0.29) is 11.5 Å². The van der Waals surface area contributed by atoms with Crippen LogP contribution in [0.3, 0.4) is 0 Å². The third-order valence-electron chi connectivity index (χ3n) is 4.55. The van der Waals surface area contributed by atoms with Gasteiger partial charge >= 0.3 is 0 Å². The molecule has 134 valence electrons. The number of nitrogens with one attached hydrogen (secondary N) is 1. The second-order valence-corrected chi connectivity index (χ2v) is 6.69. The van der Waals surface area contributed by atoms with Crippen molar-refractivity contribution < 1.29 is 4.79 Å². The summed E-state index contributed by atoms with van der Waals surface area (Å²) in [4.78, 5) is 29.2. The lowest BCUT2D eigenvalue weighted by atomic mass is 10.0. The Hall–Kier alpha value is -2.95. The highest BCUT2D eigenvalue weighted by Gasteiger charge is 2.10. The number of carbonyl (C=O) groups is 1. The smallest absolute Gasteiger partial charge is 0.261 e. The third-order valence-corrected chi connectivity index (χ3v) is 4.55. The molecule has 1 aromatic heterocycles. The van der Waals surface area contributed by atoms with E-state index in [4.69, 9.17) is 0 Å². The highest BCUT2D eigenvalue weighted by atomic mass is 16.1. The average molecular weight is 349 g/mol. The van der Waals surface area contributed by atoms with Gasteiger partial charge in [-0.05, 0) is 35.7 Å². The number of benzene rings is 2. The van der Waals surface area contributed by atoms with Crippen LogP contribution < -0.4 is 10.9 Å². The average Bonchev–Trinajstić information content (AvgIpc) is 2.65. The van der Waals surface area contributed by atoms with Crippen LogP contribution in [-0.2, 0) is 13.5 Å². The molecule has 0 aliphatic heterocycles. The van der Waals surface area contributed by atoms with Gasteiger partial charge in [-0.3, -0.25) is 14.2 Å². The van der Waals surface area contributed by atoms with E-state index < -0.39 is 0 Å². The monoisotopic (exact) mass is 349 g/mol. The molecule has 5 nitrogen and oxygen atoms in total. The van der Waals surface area contributed by atoms with Crippen LogP contribution in [0.25, 0.3) is 10.9 Å². The Balaban J connectivity index is 1.68. The van der Waals surface area contributed by atoms with Crippen LogP contribution in [0.5, 0.6) is 0 Å². The van der Waals surface area contributed by atoms with E-state index in [2.05, 4.69) is 24.1 Å². The van der Waals surface area contributed by atoms with Crippen LogP contribution in [0.15, 0.2) is 53.3 Å². The van der Waals surface area contributed by atoms with Crippen molar-refractivity contribution in [2.75, 3.05) is 6.54 Å². The molecule has 0 saturated carbocycles. The molecule has 3 aromatic rings. The summed E-state index contributed by atoms with van der Waals surface area (Å²) in [5.74, 6) is 0.975. The largest absolute Gasteiger partial charge is 0.352 e. The SMILES string of the molecule is CC(C)c1ccc(C(=O)NCCc2nc3ccccc3c(=O)n2C)cc1. The number of rotatable bonds is 5. The van der Waals surface area contributed by atoms with E-state index >= 15 is 0 Å². The Morgan fingerprint density at radius 2 is 1.81 bits per heavy atom. The van der Waals surface area contributed by atoms with Gasteiger partial charge in [-0.15, -0.1) is 0 Å². The second-order valence-electron chi connectivity index (χ2n) is 6.69. The minimum atomic E-state index is -0.119. The maximum absolute atomic E-state index is 12.4. The van der Waals surface area contributed by atoms with Crippen molar-refractivity contribution in [1.82, 2.24) is 14.9 Å². The molecule has 3 rings (SSSR count). The zero-order chi connectivity index (χ0) is 18.7. The van der Waals surface area contributed by atoms with Gasteiger partial charge in [0.05, 0.1) is 10.9 Å². The lowest BCUT2D eigenvalue weighted by molar-refractivity contribution is 0.0954. The molecule has 0 atom stereocenters. The summed E-state index contributed by atoms with van der Waals surface area (Å²) in [6.45, 7) is 4.66. The van der Waals surface area contributed by atoms with Gasteiger partial charge in [0.1, 0.15) is 5.82 Å². The topological polar surface area (TPSA) is 64.0 Å². The summed E-state index contributed by atoms with van der Waals surface area (Å²) in [6.07, 6.45) is 0.492. The number of nitrogens with zero attached hydrogens (tertiary/aromatic N) is 2. The molecule has 26 heavy (non-hydrogen) atoms. The first-order valence-electron chi connectivity index (χ1n) is 8.80. The molecule has 0 saturated heterocycles. The zero-order valence-corrected chi connectivity index (χ0v) is 15.3. The first-order chi connectivity index (χ1) is 12.5. The van der Waals surface area contributed by atoms with Gasteiger partial charge in [0.15, 0.2) is 0 Å². The van der Waals surface area contributed by atoms with Crippen LogP contribution in [0.2, 0.25) is 0 Å². The maximum atomic E-state index is 12.4. The number of hydrogen-bond donors (Lipinski definition) is 1. The summed E-state index contributed by atoms with van der Waals surface area (Å²) >= 11 is 0. The molecule has 0 spiro atoms. The molecular weight excluding hydrogens is 326 g/mol. The van der Waals surface area contributed by atoms with E-state index in [9.17, 15) is 9.59 Å². The predicted octanol–water partition coefficient (Wildman–Crippen LogP) is 3.03. The molecule has 0 fully saturated rings. The van der Waals surface area contributed by atoms with E-state index in [1.165, 1.54) is 5.56 Å². The van der Waals surface area contributed by atoms with E-state index in [0.717, 1.165) is 0 Å². The molecule has 0 bridgehead atoms. The minimum absolute atomic E-state index is 0.0683. The number of amides is 1. The number of fused-ring (bicyclic) bond motifs is 1. The van der Waals surface area contributed by atoms with Crippen molar-refractivity contribution in [3.63, 3.8) is 0 Å². The number of hydrogen-bond acceptors (Lipinski definition) is 3. The Bertz CT molecular complexity index is 988. The highest BCUT2D eigenvalue weighted by Crippen LogP contribution is 2.14. The molecule has 5 heteroatoms. The Morgan fingerprint density at radius 3 is 2.50 bits per heavy atom. The number of aromatic nitrogens is 2. The lowest BCUT2D eigenvalue weighted by Crippen LogP contribution is -2.29.